The predicted octanol–water partition coefficient (Wildman–Crippen LogP) is 14.0. The van der Waals surface area contributed by atoms with E-state index in [0.717, 1.165) is 70.6 Å². The Kier molecular flexibility index (Phi) is 41.0. The number of aliphatic carboxylic acids is 1. The number of hydrogen-bond acceptors (Lipinski definition) is 6. The summed E-state index contributed by atoms with van der Waals surface area (Å²) in [4.78, 5) is 37.1. The lowest BCUT2D eigenvalue weighted by Crippen LogP contribution is -2.50. The van der Waals surface area contributed by atoms with Gasteiger partial charge in [0, 0.05) is 19.3 Å². The van der Waals surface area contributed by atoms with Crippen LogP contribution in [0.4, 0.5) is 0 Å². The Balaban J connectivity index is 4.26. The van der Waals surface area contributed by atoms with Crippen molar-refractivity contribution in [3.63, 3.8) is 0 Å². The van der Waals surface area contributed by atoms with Crippen LogP contribution in [-0.2, 0) is 28.6 Å². The normalized spacial score (nSPS) is 13.3. The highest BCUT2D eigenvalue weighted by atomic mass is 16.6. The van der Waals surface area contributed by atoms with E-state index in [1.807, 2.05) is 21.1 Å². The highest BCUT2D eigenvalue weighted by Gasteiger charge is 2.31. The molecular weight excluding hydrogens is 751 g/mol. The van der Waals surface area contributed by atoms with Crippen molar-refractivity contribution in [2.24, 2.45) is 0 Å². The Morgan fingerprint density at radius 1 is 0.517 bits per heavy atom. The van der Waals surface area contributed by atoms with E-state index < -0.39 is 18.1 Å². The Bertz CT molecular complexity index is 1120. The molecule has 0 aromatic carbocycles. The minimum Gasteiger partial charge on any atom is -0.477 e. The van der Waals surface area contributed by atoms with Gasteiger partial charge in [-0.3, -0.25) is 9.59 Å². The zero-order chi connectivity index (χ0) is 44.2. The maximum atomic E-state index is 12.8. The summed E-state index contributed by atoms with van der Waals surface area (Å²) in [5, 5.41) is 9.64. The number of unbranched alkanes of at least 4 members (excludes halogenated alkanes) is 22. The topological polar surface area (TPSA) is 99.1 Å². The van der Waals surface area contributed by atoms with Crippen molar-refractivity contribution in [3.05, 3.63) is 48.6 Å². The number of allylic oxidation sites excluding steroid dienone is 8. The van der Waals surface area contributed by atoms with Gasteiger partial charge in [0.05, 0.1) is 34.4 Å². The van der Waals surface area contributed by atoms with E-state index in [9.17, 15) is 19.5 Å². The predicted molar refractivity (Wildman–Crippen MR) is 252 cm³/mol. The fraction of sp³-hybridized carbons (Fsp3) is 0.788. The first kappa shape index (κ1) is 57.3. The third kappa shape index (κ3) is 40.7. The van der Waals surface area contributed by atoms with E-state index in [0.29, 0.717) is 19.3 Å². The van der Waals surface area contributed by atoms with Gasteiger partial charge in [0.15, 0.2) is 12.1 Å². The number of carboxylic acid groups (broad SMARTS) is 1. The molecule has 0 heterocycles. The summed E-state index contributed by atoms with van der Waals surface area (Å²) in [6.45, 7) is 4.61. The van der Waals surface area contributed by atoms with Crippen LogP contribution < -0.4 is 0 Å². The third-order valence-electron chi connectivity index (χ3n) is 11.0. The molecule has 0 saturated carbocycles. The van der Waals surface area contributed by atoms with Crippen LogP contribution >= 0.6 is 0 Å². The van der Waals surface area contributed by atoms with Gasteiger partial charge in [-0.05, 0) is 70.6 Å². The lowest BCUT2D eigenvalue weighted by molar-refractivity contribution is -0.887. The number of carbonyl (C=O) groups excluding carboxylic acids is 2. The van der Waals surface area contributed by atoms with Gasteiger partial charge < -0.3 is 23.8 Å². The quantitative estimate of drug-likeness (QED) is 0.0282. The molecule has 0 rings (SSSR count). The lowest BCUT2D eigenvalue weighted by Gasteiger charge is -2.31. The first-order valence-electron chi connectivity index (χ1n) is 24.7. The second-order valence-electron chi connectivity index (χ2n) is 17.7. The number of carboxylic acids is 1. The van der Waals surface area contributed by atoms with Crippen molar-refractivity contribution in [1.29, 1.82) is 0 Å². The summed E-state index contributed by atoms with van der Waals surface area (Å²) < 4.78 is 17.3. The van der Waals surface area contributed by atoms with Crippen LogP contribution in [0.2, 0.25) is 0 Å². The highest BCUT2D eigenvalue weighted by molar-refractivity contribution is 5.72. The van der Waals surface area contributed by atoms with E-state index in [4.69, 9.17) is 14.2 Å². The van der Waals surface area contributed by atoms with Crippen LogP contribution in [0.1, 0.15) is 213 Å². The molecule has 0 aliphatic carbocycles. The van der Waals surface area contributed by atoms with Gasteiger partial charge >= 0.3 is 17.9 Å². The summed E-state index contributed by atoms with van der Waals surface area (Å²) >= 11 is 0. The number of rotatable bonds is 44. The van der Waals surface area contributed by atoms with Gasteiger partial charge in [-0.15, -0.1) is 0 Å². The van der Waals surface area contributed by atoms with Crippen molar-refractivity contribution < 1.29 is 38.2 Å². The van der Waals surface area contributed by atoms with Crippen molar-refractivity contribution >= 4 is 17.9 Å². The zero-order valence-electron chi connectivity index (χ0n) is 39.7. The number of hydrogen-bond donors (Lipinski definition) is 1. The summed E-state index contributed by atoms with van der Waals surface area (Å²) in [6.07, 6.45) is 51.6. The summed E-state index contributed by atoms with van der Waals surface area (Å²) in [5.41, 5.74) is 0. The van der Waals surface area contributed by atoms with E-state index in [2.05, 4.69) is 62.5 Å². The van der Waals surface area contributed by atoms with Gasteiger partial charge in [-0.2, -0.15) is 0 Å². The Morgan fingerprint density at radius 2 is 0.933 bits per heavy atom. The SMILES string of the molecule is CC/C=C/C/C=C/C/C=C/CCCCCCC(=O)OCC(COCCC(C(=O)O)[N+](C)(C)C)OC(=O)CCCCCCCCC/C=C/CCCCCCCCCCCCC. The monoisotopic (exact) mass is 845 g/mol. The van der Waals surface area contributed by atoms with Crippen molar-refractivity contribution in [2.75, 3.05) is 41.0 Å². The highest BCUT2D eigenvalue weighted by Crippen LogP contribution is 2.15. The number of quaternary nitrogens is 1. The number of ether oxygens (including phenoxy) is 3. The fourth-order valence-corrected chi connectivity index (χ4v) is 7.16. The molecule has 2 atom stereocenters. The minimum atomic E-state index is -0.879. The van der Waals surface area contributed by atoms with E-state index in [1.54, 1.807) is 0 Å². The Labute approximate surface area is 369 Å². The van der Waals surface area contributed by atoms with Gasteiger partial charge in [0.2, 0.25) is 0 Å². The van der Waals surface area contributed by atoms with Crippen LogP contribution in [0.3, 0.4) is 0 Å². The first-order chi connectivity index (χ1) is 29.1. The van der Waals surface area contributed by atoms with Gasteiger partial charge in [-0.1, -0.05) is 172 Å². The second-order valence-corrected chi connectivity index (χ2v) is 17.7. The summed E-state index contributed by atoms with van der Waals surface area (Å²) in [5.74, 6) is -1.50. The maximum absolute atomic E-state index is 12.8. The van der Waals surface area contributed by atoms with Crippen LogP contribution in [-0.4, -0.2) is 80.6 Å². The van der Waals surface area contributed by atoms with E-state index >= 15 is 0 Å². The molecule has 8 heteroatoms. The largest absolute Gasteiger partial charge is 0.477 e. The average Bonchev–Trinajstić information content (AvgIpc) is 3.21. The molecular formula is C52H94NO7+. The van der Waals surface area contributed by atoms with Crippen molar-refractivity contribution in [2.45, 2.75) is 225 Å². The maximum Gasteiger partial charge on any atom is 0.362 e. The fourth-order valence-electron chi connectivity index (χ4n) is 7.16. The molecule has 2 unspecified atom stereocenters. The Morgan fingerprint density at radius 3 is 1.40 bits per heavy atom. The molecule has 0 aliphatic heterocycles. The summed E-state index contributed by atoms with van der Waals surface area (Å²) in [6, 6.07) is -0.620. The van der Waals surface area contributed by atoms with Gasteiger partial charge in [0.25, 0.3) is 0 Å². The van der Waals surface area contributed by atoms with E-state index in [1.165, 1.54) is 109 Å². The molecule has 0 saturated heterocycles. The number of likely N-dealkylation sites (N-methyl/N-ethyl adjacent to an activating group) is 1. The molecule has 0 bridgehead atoms. The number of carbonyl (C=O) groups is 3. The van der Waals surface area contributed by atoms with Crippen LogP contribution in [0, 0.1) is 0 Å². The molecule has 0 fully saturated rings. The smallest absolute Gasteiger partial charge is 0.362 e. The number of nitrogens with zero attached hydrogens (tertiary/aromatic N) is 1. The third-order valence-corrected chi connectivity index (χ3v) is 11.0. The molecule has 0 amide bonds. The molecule has 60 heavy (non-hydrogen) atoms. The van der Waals surface area contributed by atoms with Crippen LogP contribution in [0.5, 0.6) is 0 Å². The molecule has 0 radical (unpaired) electrons. The molecule has 0 aromatic heterocycles. The average molecular weight is 845 g/mol. The molecule has 1 N–H and O–H groups in total. The summed E-state index contributed by atoms with van der Waals surface area (Å²) in [7, 11) is 5.52. The van der Waals surface area contributed by atoms with E-state index in [-0.39, 0.29) is 36.2 Å². The molecule has 0 aliphatic rings. The van der Waals surface area contributed by atoms with Gasteiger partial charge in [0.1, 0.15) is 6.61 Å². The number of esters is 2. The van der Waals surface area contributed by atoms with Crippen molar-refractivity contribution in [1.82, 2.24) is 0 Å². The van der Waals surface area contributed by atoms with Crippen molar-refractivity contribution in [3.8, 4) is 0 Å². The molecule has 0 aromatic rings. The molecule has 8 nitrogen and oxygen atoms in total. The van der Waals surface area contributed by atoms with Crippen LogP contribution in [0.15, 0.2) is 48.6 Å². The zero-order valence-corrected chi connectivity index (χ0v) is 39.7. The molecule has 348 valence electrons. The minimum absolute atomic E-state index is 0.0518. The standard InChI is InChI=1S/C52H93NO7/c1-6-8-10-12-14-16-18-20-22-23-24-25-26-27-28-29-31-33-35-37-39-41-43-51(55)60-48(46-58-45-44-49(52(56)57)53(3,4)5)47-59-50(54)42-40-38-36-34-32-30-21-19-17-15-13-11-9-7-2/h9,11,15,17,21,26-27,30,48-49H,6-8,10,12-14,16,18-20,22-25,28-29,31-47H2,1-5H3/p+1/b11-9+,17-15+,27-26+,30-21+. The lowest BCUT2D eigenvalue weighted by atomic mass is 10.0. The second kappa shape index (κ2) is 43.0. The van der Waals surface area contributed by atoms with Gasteiger partial charge in [-0.25, -0.2) is 4.79 Å². The Hall–Kier alpha value is -2.71. The molecule has 0 spiro atoms. The van der Waals surface area contributed by atoms with Crippen LogP contribution in [0.25, 0.3) is 0 Å². The first-order valence-corrected chi connectivity index (χ1v) is 24.7.